The number of carboxylic acid groups (broad SMARTS) is 1. The van der Waals surface area contributed by atoms with Crippen molar-refractivity contribution in [1.29, 1.82) is 0 Å². The summed E-state index contributed by atoms with van der Waals surface area (Å²) in [4.78, 5) is 24.4. The first-order valence-corrected chi connectivity index (χ1v) is 6.92. The summed E-state index contributed by atoms with van der Waals surface area (Å²) in [6.07, 6.45) is 2.41. The van der Waals surface area contributed by atoms with E-state index in [0.29, 0.717) is 31.8 Å². The Morgan fingerprint density at radius 3 is 2.74 bits per heavy atom. The second-order valence-corrected chi connectivity index (χ2v) is 5.44. The molecule has 1 heterocycles. The minimum Gasteiger partial charge on any atom is -0.481 e. The average molecular weight is 271 g/mol. The van der Waals surface area contributed by atoms with Gasteiger partial charge < -0.3 is 20.6 Å². The normalized spacial score (nSPS) is 21.1. The number of aliphatic carboxylic acids is 1. The van der Waals surface area contributed by atoms with E-state index in [-0.39, 0.29) is 11.9 Å². The molecule has 1 saturated heterocycles. The Kier molecular flexibility index (Phi) is 6.62. The second kappa shape index (κ2) is 7.99. The number of urea groups is 1. The summed E-state index contributed by atoms with van der Waals surface area (Å²) in [6.45, 7) is 5.05. The molecule has 6 heteroatoms. The number of likely N-dealkylation sites (tertiary alicyclic amines) is 1. The molecule has 0 saturated carbocycles. The van der Waals surface area contributed by atoms with Gasteiger partial charge >= 0.3 is 12.0 Å². The van der Waals surface area contributed by atoms with Gasteiger partial charge in [0, 0.05) is 19.6 Å². The van der Waals surface area contributed by atoms with E-state index in [2.05, 4.69) is 22.6 Å². The predicted octanol–water partition coefficient (Wildman–Crippen LogP) is 0.738. The molecule has 2 atom stereocenters. The quantitative estimate of drug-likeness (QED) is 0.596. The largest absolute Gasteiger partial charge is 0.481 e. The van der Waals surface area contributed by atoms with Crippen LogP contribution in [0, 0.1) is 11.8 Å². The lowest BCUT2D eigenvalue weighted by atomic mass is 10.1. The van der Waals surface area contributed by atoms with Crippen LogP contribution in [0.15, 0.2) is 0 Å². The van der Waals surface area contributed by atoms with Crippen LogP contribution in [0.3, 0.4) is 0 Å². The minimum atomic E-state index is -0.783. The summed E-state index contributed by atoms with van der Waals surface area (Å²) in [5.41, 5.74) is 0. The monoisotopic (exact) mass is 271 g/mol. The number of nitrogens with zero attached hydrogens (tertiary/aromatic N) is 1. The van der Waals surface area contributed by atoms with Gasteiger partial charge in [-0.25, -0.2) is 4.79 Å². The molecular weight excluding hydrogens is 246 g/mol. The Morgan fingerprint density at radius 1 is 1.42 bits per heavy atom. The third kappa shape index (κ3) is 6.42. The second-order valence-electron chi connectivity index (χ2n) is 5.44. The molecule has 19 heavy (non-hydrogen) atoms. The van der Waals surface area contributed by atoms with E-state index in [9.17, 15) is 9.59 Å². The average Bonchev–Trinajstić information content (AvgIpc) is 2.77. The van der Waals surface area contributed by atoms with Crippen molar-refractivity contribution in [3.8, 4) is 0 Å². The lowest BCUT2D eigenvalue weighted by Crippen LogP contribution is -2.39. The van der Waals surface area contributed by atoms with E-state index in [1.165, 1.54) is 0 Å². The Hall–Kier alpha value is -1.30. The fourth-order valence-electron chi connectivity index (χ4n) is 2.23. The van der Waals surface area contributed by atoms with Crippen LogP contribution in [0.2, 0.25) is 0 Å². The number of hydrogen-bond acceptors (Lipinski definition) is 3. The van der Waals surface area contributed by atoms with Crippen LogP contribution < -0.4 is 10.6 Å². The van der Waals surface area contributed by atoms with Gasteiger partial charge in [0.25, 0.3) is 0 Å². The number of amides is 2. The molecule has 0 radical (unpaired) electrons. The van der Waals surface area contributed by atoms with Gasteiger partial charge in [0.1, 0.15) is 0 Å². The SMILES string of the molecule is CC(CCCNC(=O)NCC1CCN(C)C1)C(=O)O. The maximum atomic E-state index is 11.5. The fraction of sp³-hybridized carbons (Fsp3) is 0.846. The molecule has 0 aliphatic carbocycles. The van der Waals surface area contributed by atoms with Crippen molar-refractivity contribution in [2.75, 3.05) is 33.2 Å². The Morgan fingerprint density at radius 2 is 2.16 bits per heavy atom. The van der Waals surface area contributed by atoms with E-state index in [1.54, 1.807) is 6.92 Å². The van der Waals surface area contributed by atoms with Crippen LogP contribution >= 0.6 is 0 Å². The number of rotatable bonds is 7. The lowest BCUT2D eigenvalue weighted by molar-refractivity contribution is -0.141. The molecule has 1 aliphatic rings. The first-order valence-electron chi connectivity index (χ1n) is 6.92. The molecule has 0 aromatic rings. The molecule has 0 aromatic carbocycles. The molecule has 3 N–H and O–H groups in total. The van der Waals surface area contributed by atoms with Gasteiger partial charge in [0.2, 0.25) is 0 Å². The smallest absolute Gasteiger partial charge is 0.314 e. The molecule has 0 aromatic heterocycles. The Labute approximate surface area is 114 Å². The van der Waals surface area contributed by atoms with Crippen LogP contribution in [0.25, 0.3) is 0 Å². The van der Waals surface area contributed by atoms with Crippen LogP contribution in [0.4, 0.5) is 4.79 Å². The van der Waals surface area contributed by atoms with Gasteiger partial charge in [-0.2, -0.15) is 0 Å². The van der Waals surface area contributed by atoms with E-state index in [1.807, 2.05) is 0 Å². The zero-order valence-corrected chi connectivity index (χ0v) is 11.8. The van der Waals surface area contributed by atoms with Gasteiger partial charge in [-0.15, -0.1) is 0 Å². The molecular formula is C13H25N3O3. The summed E-state index contributed by atoms with van der Waals surface area (Å²) in [5, 5.41) is 14.3. The highest BCUT2D eigenvalue weighted by Gasteiger charge is 2.19. The van der Waals surface area contributed by atoms with E-state index < -0.39 is 5.97 Å². The third-order valence-electron chi connectivity index (χ3n) is 3.56. The summed E-state index contributed by atoms with van der Waals surface area (Å²) >= 11 is 0. The summed E-state index contributed by atoms with van der Waals surface area (Å²) < 4.78 is 0. The number of carbonyl (C=O) groups is 2. The predicted molar refractivity (Wildman–Crippen MR) is 73.0 cm³/mol. The van der Waals surface area contributed by atoms with Crippen LogP contribution in [-0.2, 0) is 4.79 Å². The van der Waals surface area contributed by atoms with Gasteiger partial charge in [0.05, 0.1) is 5.92 Å². The zero-order chi connectivity index (χ0) is 14.3. The van der Waals surface area contributed by atoms with Crippen molar-refractivity contribution in [1.82, 2.24) is 15.5 Å². The molecule has 1 fully saturated rings. The summed E-state index contributed by atoms with van der Waals surface area (Å²) in [7, 11) is 2.09. The molecule has 0 spiro atoms. The number of nitrogens with one attached hydrogen (secondary N) is 2. The van der Waals surface area contributed by atoms with E-state index in [4.69, 9.17) is 5.11 Å². The Balaban J connectivity index is 2.00. The Bertz CT molecular complexity index is 310. The van der Waals surface area contributed by atoms with E-state index in [0.717, 1.165) is 19.5 Å². The van der Waals surface area contributed by atoms with Gasteiger partial charge in [-0.05, 0) is 38.8 Å². The molecule has 2 unspecified atom stereocenters. The summed E-state index contributed by atoms with van der Waals surface area (Å²) in [6, 6.07) is -0.155. The molecule has 0 bridgehead atoms. The van der Waals surface area contributed by atoms with Gasteiger partial charge in [0.15, 0.2) is 0 Å². The molecule has 2 amide bonds. The first kappa shape index (κ1) is 15.8. The highest BCUT2D eigenvalue weighted by Crippen LogP contribution is 2.12. The molecule has 110 valence electrons. The highest BCUT2D eigenvalue weighted by atomic mass is 16.4. The maximum Gasteiger partial charge on any atom is 0.314 e. The van der Waals surface area contributed by atoms with Crippen molar-refractivity contribution in [3.05, 3.63) is 0 Å². The fourth-order valence-corrected chi connectivity index (χ4v) is 2.23. The van der Waals surface area contributed by atoms with E-state index >= 15 is 0 Å². The van der Waals surface area contributed by atoms with Crippen molar-refractivity contribution in [2.45, 2.75) is 26.2 Å². The number of carboxylic acids is 1. The van der Waals surface area contributed by atoms with Crippen molar-refractivity contribution in [3.63, 3.8) is 0 Å². The molecule has 1 aliphatic heterocycles. The van der Waals surface area contributed by atoms with Crippen LogP contribution in [-0.4, -0.2) is 55.2 Å². The van der Waals surface area contributed by atoms with Crippen molar-refractivity contribution >= 4 is 12.0 Å². The lowest BCUT2D eigenvalue weighted by Gasteiger charge is -2.12. The van der Waals surface area contributed by atoms with Crippen LogP contribution in [0.5, 0.6) is 0 Å². The maximum absolute atomic E-state index is 11.5. The first-order chi connectivity index (χ1) is 8.99. The number of carbonyl (C=O) groups excluding carboxylic acids is 1. The summed E-state index contributed by atoms with van der Waals surface area (Å²) in [5.74, 6) is -0.587. The third-order valence-corrected chi connectivity index (χ3v) is 3.56. The van der Waals surface area contributed by atoms with Crippen molar-refractivity contribution < 1.29 is 14.7 Å². The van der Waals surface area contributed by atoms with Gasteiger partial charge in [-0.3, -0.25) is 4.79 Å². The minimum absolute atomic E-state index is 0.155. The topological polar surface area (TPSA) is 81.7 Å². The number of hydrogen-bond donors (Lipinski definition) is 3. The van der Waals surface area contributed by atoms with Crippen LogP contribution in [0.1, 0.15) is 26.2 Å². The molecule has 6 nitrogen and oxygen atoms in total. The standard InChI is InChI=1S/C13H25N3O3/c1-10(12(17)18)4-3-6-14-13(19)15-8-11-5-7-16(2)9-11/h10-11H,3-9H2,1-2H3,(H,17,18)(H2,14,15,19). The van der Waals surface area contributed by atoms with Crippen molar-refractivity contribution in [2.24, 2.45) is 11.8 Å². The zero-order valence-electron chi connectivity index (χ0n) is 11.8. The highest BCUT2D eigenvalue weighted by molar-refractivity contribution is 5.73. The molecule has 1 rings (SSSR count). The van der Waals surface area contributed by atoms with Gasteiger partial charge in [-0.1, -0.05) is 6.92 Å².